The van der Waals surface area contributed by atoms with Crippen molar-refractivity contribution in [1.82, 2.24) is 4.98 Å². The molecule has 90 valence electrons. The van der Waals surface area contributed by atoms with Gasteiger partial charge in [-0.15, -0.1) is 0 Å². The fourth-order valence-corrected chi connectivity index (χ4v) is 2.34. The second-order valence-corrected chi connectivity index (χ2v) is 4.59. The molecule has 3 heteroatoms. The number of nitriles is 1. The van der Waals surface area contributed by atoms with Crippen molar-refractivity contribution in [2.24, 2.45) is 0 Å². The molecule has 1 aromatic heterocycles. The van der Waals surface area contributed by atoms with Crippen LogP contribution in [0.4, 0.5) is 0 Å². The van der Waals surface area contributed by atoms with E-state index in [0.29, 0.717) is 10.7 Å². The highest BCUT2D eigenvalue weighted by Crippen LogP contribution is 2.30. The van der Waals surface area contributed by atoms with Crippen LogP contribution in [0.3, 0.4) is 0 Å². The van der Waals surface area contributed by atoms with Crippen LogP contribution < -0.4 is 0 Å². The number of hydrogen-bond donors (Lipinski definition) is 0. The molecule has 3 rings (SSSR count). The van der Waals surface area contributed by atoms with Crippen molar-refractivity contribution in [3.63, 3.8) is 0 Å². The van der Waals surface area contributed by atoms with Gasteiger partial charge in [-0.2, -0.15) is 5.26 Å². The van der Waals surface area contributed by atoms with Crippen molar-refractivity contribution >= 4 is 22.5 Å². The number of rotatable bonds is 1. The van der Waals surface area contributed by atoms with Crippen molar-refractivity contribution in [2.75, 3.05) is 0 Å². The molecule has 0 spiro atoms. The SMILES string of the molecule is N#Cc1cccc(-c2cc(Cl)nc3ccccc23)c1. The van der Waals surface area contributed by atoms with Gasteiger partial charge in [0, 0.05) is 5.39 Å². The highest BCUT2D eigenvalue weighted by Gasteiger charge is 2.07. The van der Waals surface area contributed by atoms with Crippen LogP contribution in [0.15, 0.2) is 54.6 Å². The van der Waals surface area contributed by atoms with Crippen LogP contribution >= 0.6 is 11.6 Å². The lowest BCUT2D eigenvalue weighted by Gasteiger charge is -2.07. The molecule has 0 aliphatic carbocycles. The van der Waals surface area contributed by atoms with E-state index in [-0.39, 0.29) is 0 Å². The third-order valence-corrected chi connectivity index (χ3v) is 3.18. The molecular formula is C16H9ClN2. The number of halogens is 1. The van der Waals surface area contributed by atoms with E-state index in [2.05, 4.69) is 11.1 Å². The number of para-hydroxylation sites is 1. The van der Waals surface area contributed by atoms with E-state index in [1.165, 1.54) is 0 Å². The molecule has 0 fully saturated rings. The summed E-state index contributed by atoms with van der Waals surface area (Å²) in [7, 11) is 0. The Balaban J connectivity index is 2.32. The van der Waals surface area contributed by atoms with Gasteiger partial charge in [0.2, 0.25) is 0 Å². The lowest BCUT2D eigenvalue weighted by Crippen LogP contribution is -1.86. The molecule has 0 unspecified atom stereocenters. The molecule has 3 aromatic rings. The van der Waals surface area contributed by atoms with Gasteiger partial charge in [0.05, 0.1) is 17.1 Å². The standard InChI is InChI=1S/C16H9ClN2/c17-16-9-14(12-5-3-4-11(8-12)10-18)13-6-1-2-7-15(13)19-16/h1-9H. The van der Waals surface area contributed by atoms with Crippen molar-refractivity contribution in [3.05, 3.63) is 65.3 Å². The third-order valence-electron chi connectivity index (χ3n) is 2.99. The van der Waals surface area contributed by atoms with E-state index in [1.807, 2.05) is 48.5 Å². The first kappa shape index (κ1) is 11.7. The second kappa shape index (κ2) is 4.72. The van der Waals surface area contributed by atoms with Gasteiger partial charge >= 0.3 is 0 Å². The molecule has 0 aliphatic heterocycles. The Morgan fingerprint density at radius 1 is 1.00 bits per heavy atom. The normalized spacial score (nSPS) is 10.3. The molecule has 2 nitrogen and oxygen atoms in total. The Morgan fingerprint density at radius 3 is 2.68 bits per heavy atom. The Morgan fingerprint density at radius 2 is 1.84 bits per heavy atom. The minimum absolute atomic E-state index is 0.455. The maximum Gasteiger partial charge on any atom is 0.130 e. The monoisotopic (exact) mass is 264 g/mol. The van der Waals surface area contributed by atoms with Crippen molar-refractivity contribution in [2.45, 2.75) is 0 Å². The average Bonchev–Trinajstić information content (AvgIpc) is 2.46. The Bertz CT molecular complexity index is 803. The van der Waals surface area contributed by atoms with Gasteiger partial charge in [0.25, 0.3) is 0 Å². The molecule has 19 heavy (non-hydrogen) atoms. The smallest absolute Gasteiger partial charge is 0.130 e. The molecule has 0 bridgehead atoms. The molecule has 0 aliphatic rings. The zero-order valence-corrected chi connectivity index (χ0v) is 10.7. The van der Waals surface area contributed by atoms with Crippen LogP contribution in [0.25, 0.3) is 22.0 Å². The minimum atomic E-state index is 0.455. The van der Waals surface area contributed by atoms with Crippen LogP contribution in [0, 0.1) is 11.3 Å². The van der Waals surface area contributed by atoms with Crippen molar-refractivity contribution in [1.29, 1.82) is 5.26 Å². The first-order chi connectivity index (χ1) is 9.28. The van der Waals surface area contributed by atoms with Gasteiger partial charge < -0.3 is 0 Å². The number of nitrogens with zero attached hydrogens (tertiary/aromatic N) is 2. The van der Waals surface area contributed by atoms with Crippen LogP contribution in [0.1, 0.15) is 5.56 Å². The van der Waals surface area contributed by atoms with Gasteiger partial charge in [-0.05, 0) is 35.4 Å². The summed E-state index contributed by atoms with van der Waals surface area (Å²) in [6.45, 7) is 0. The van der Waals surface area contributed by atoms with E-state index >= 15 is 0 Å². The molecule has 0 saturated carbocycles. The molecule has 1 heterocycles. The molecule has 0 atom stereocenters. The minimum Gasteiger partial charge on any atom is -0.236 e. The number of fused-ring (bicyclic) bond motifs is 1. The fraction of sp³-hybridized carbons (Fsp3) is 0. The largest absolute Gasteiger partial charge is 0.236 e. The molecule has 0 saturated heterocycles. The predicted molar refractivity (Wildman–Crippen MR) is 76.9 cm³/mol. The topological polar surface area (TPSA) is 36.7 Å². The quantitative estimate of drug-likeness (QED) is 0.610. The van der Waals surface area contributed by atoms with Crippen molar-refractivity contribution in [3.8, 4) is 17.2 Å². The van der Waals surface area contributed by atoms with Gasteiger partial charge in [-0.1, -0.05) is 41.9 Å². The summed E-state index contributed by atoms with van der Waals surface area (Å²) < 4.78 is 0. The summed E-state index contributed by atoms with van der Waals surface area (Å²) in [5.74, 6) is 0. The van der Waals surface area contributed by atoms with E-state index in [1.54, 1.807) is 6.07 Å². The first-order valence-corrected chi connectivity index (χ1v) is 6.21. The molecule has 0 amide bonds. The Labute approximate surface area is 115 Å². The van der Waals surface area contributed by atoms with Gasteiger partial charge in [0.15, 0.2) is 0 Å². The van der Waals surface area contributed by atoms with Crippen LogP contribution in [0.5, 0.6) is 0 Å². The number of aromatic nitrogens is 1. The van der Waals surface area contributed by atoms with Crippen molar-refractivity contribution < 1.29 is 0 Å². The van der Waals surface area contributed by atoms with Crippen LogP contribution in [0.2, 0.25) is 5.15 Å². The molecule has 0 N–H and O–H groups in total. The molecular weight excluding hydrogens is 256 g/mol. The van der Waals surface area contributed by atoms with Crippen LogP contribution in [-0.2, 0) is 0 Å². The second-order valence-electron chi connectivity index (χ2n) is 4.20. The summed E-state index contributed by atoms with van der Waals surface area (Å²) in [5, 5.41) is 10.5. The third kappa shape index (κ3) is 2.16. The van der Waals surface area contributed by atoms with E-state index in [0.717, 1.165) is 22.0 Å². The van der Waals surface area contributed by atoms with Gasteiger partial charge in [-0.3, -0.25) is 0 Å². The van der Waals surface area contributed by atoms with Gasteiger partial charge in [0.1, 0.15) is 5.15 Å². The Hall–Kier alpha value is -2.37. The summed E-state index contributed by atoms with van der Waals surface area (Å²) in [6.07, 6.45) is 0. The first-order valence-electron chi connectivity index (χ1n) is 5.84. The lowest BCUT2D eigenvalue weighted by molar-refractivity contribution is 1.41. The number of pyridine rings is 1. The fourth-order valence-electron chi connectivity index (χ4n) is 2.14. The lowest BCUT2D eigenvalue weighted by atomic mass is 10.00. The van der Waals surface area contributed by atoms with E-state index in [4.69, 9.17) is 16.9 Å². The Kier molecular flexibility index (Phi) is 2.91. The van der Waals surface area contributed by atoms with Gasteiger partial charge in [-0.25, -0.2) is 4.98 Å². The highest BCUT2D eigenvalue weighted by atomic mass is 35.5. The summed E-state index contributed by atoms with van der Waals surface area (Å²) in [5.41, 5.74) is 3.45. The summed E-state index contributed by atoms with van der Waals surface area (Å²) in [4.78, 5) is 4.30. The maximum atomic E-state index is 8.99. The zero-order chi connectivity index (χ0) is 13.2. The number of benzene rings is 2. The summed E-state index contributed by atoms with van der Waals surface area (Å²) in [6, 6.07) is 19.3. The summed E-state index contributed by atoms with van der Waals surface area (Å²) >= 11 is 6.07. The average molecular weight is 265 g/mol. The zero-order valence-electron chi connectivity index (χ0n) is 9.97. The van der Waals surface area contributed by atoms with E-state index in [9.17, 15) is 0 Å². The highest BCUT2D eigenvalue weighted by molar-refractivity contribution is 6.30. The van der Waals surface area contributed by atoms with Crippen LogP contribution in [-0.4, -0.2) is 4.98 Å². The number of hydrogen-bond acceptors (Lipinski definition) is 2. The van der Waals surface area contributed by atoms with E-state index < -0.39 is 0 Å². The maximum absolute atomic E-state index is 8.99. The molecule has 0 radical (unpaired) electrons. The molecule has 2 aromatic carbocycles. The predicted octanol–water partition coefficient (Wildman–Crippen LogP) is 4.43.